The number of hydrogen-bond donors (Lipinski definition) is 0. The molecule has 0 aromatic carbocycles. The lowest BCUT2D eigenvalue weighted by Gasteiger charge is -1.99. The molecule has 0 aliphatic heterocycles. The first kappa shape index (κ1) is 10.4. The van der Waals surface area contributed by atoms with E-state index in [1.807, 2.05) is 6.92 Å². The van der Waals surface area contributed by atoms with Crippen LogP contribution in [0.3, 0.4) is 0 Å². The van der Waals surface area contributed by atoms with Crippen molar-refractivity contribution >= 4 is 33.3 Å². The van der Waals surface area contributed by atoms with Crippen LogP contribution in [0.25, 0.3) is 0 Å². The van der Waals surface area contributed by atoms with Crippen molar-refractivity contribution < 1.29 is 4.79 Å². The highest BCUT2D eigenvalue weighted by Gasteiger charge is 2.04. The van der Waals surface area contributed by atoms with E-state index in [9.17, 15) is 4.79 Å². The van der Waals surface area contributed by atoms with E-state index in [1.165, 1.54) is 0 Å². The molecule has 1 atom stereocenters. The van der Waals surface area contributed by atoms with Gasteiger partial charge in [0.25, 0.3) is 0 Å². The predicted molar refractivity (Wildman–Crippen MR) is 48.0 cm³/mol. The van der Waals surface area contributed by atoms with E-state index in [0.29, 0.717) is 12.8 Å². The summed E-state index contributed by atoms with van der Waals surface area (Å²) < 4.78 is 0. The maximum absolute atomic E-state index is 10.9. The zero-order chi connectivity index (χ0) is 7.98. The Morgan fingerprint density at radius 2 is 2.30 bits per heavy atom. The minimum Gasteiger partial charge on any atom is -0.300 e. The first-order valence-corrected chi connectivity index (χ1v) is 4.94. The van der Waals surface area contributed by atoms with E-state index >= 15 is 0 Å². The zero-order valence-electron chi connectivity index (χ0n) is 6.07. The van der Waals surface area contributed by atoms with E-state index in [0.717, 1.165) is 11.8 Å². The van der Waals surface area contributed by atoms with Crippen molar-refractivity contribution in [1.82, 2.24) is 0 Å². The van der Waals surface area contributed by atoms with Gasteiger partial charge < -0.3 is 0 Å². The van der Waals surface area contributed by atoms with E-state index in [1.54, 1.807) is 0 Å². The molecule has 0 aromatic rings. The van der Waals surface area contributed by atoms with Crippen LogP contribution in [0, 0.1) is 0 Å². The molecule has 0 aromatic heterocycles. The van der Waals surface area contributed by atoms with Crippen LogP contribution < -0.4 is 0 Å². The van der Waals surface area contributed by atoms with Crippen LogP contribution in [0.2, 0.25) is 0 Å². The smallest absolute Gasteiger partial charge is 0.134 e. The lowest BCUT2D eigenvalue weighted by atomic mass is 10.1. The lowest BCUT2D eigenvalue weighted by Crippen LogP contribution is -2.04. The fourth-order valence-electron chi connectivity index (χ4n) is 0.680. The van der Waals surface area contributed by atoms with Crippen LogP contribution in [0.5, 0.6) is 0 Å². The third kappa shape index (κ3) is 6.56. The minimum absolute atomic E-state index is 0.0113. The first-order valence-electron chi connectivity index (χ1n) is 3.38. The molecule has 0 rings (SSSR count). The molecule has 0 amide bonds. The van der Waals surface area contributed by atoms with Gasteiger partial charge in [-0.05, 0) is 13.3 Å². The number of halogens is 2. The fourth-order valence-corrected chi connectivity index (χ4v) is 1.13. The number of carbonyl (C=O) groups excluding carboxylic acids is 1. The summed E-state index contributed by atoms with van der Waals surface area (Å²) in [5.74, 6) is 0.266. The van der Waals surface area contributed by atoms with E-state index in [-0.39, 0.29) is 11.2 Å². The van der Waals surface area contributed by atoms with Gasteiger partial charge in [-0.25, -0.2) is 0 Å². The summed E-state index contributed by atoms with van der Waals surface area (Å²) in [6, 6.07) is 0. The number of rotatable bonds is 5. The van der Waals surface area contributed by atoms with Gasteiger partial charge >= 0.3 is 0 Å². The Morgan fingerprint density at radius 3 is 2.70 bits per heavy atom. The molecular formula is C7H12BrClO. The normalized spacial score (nSPS) is 13.1. The SMILES string of the molecule is CC(Cl)CC(=O)CCCBr. The number of Topliss-reactive ketones (excluding diaryl/α,β-unsaturated/α-hetero) is 1. The molecule has 3 heteroatoms. The Balaban J connectivity index is 3.26. The largest absolute Gasteiger partial charge is 0.300 e. The molecule has 10 heavy (non-hydrogen) atoms. The van der Waals surface area contributed by atoms with Crippen molar-refractivity contribution in [2.45, 2.75) is 31.6 Å². The molecule has 0 fully saturated rings. The second kappa shape index (κ2) is 6.17. The maximum atomic E-state index is 10.9. The predicted octanol–water partition coefficient (Wildman–Crippen LogP) is 2.75. The van der Waals surface area contributed by atoms with E-state index in [4.69, 9.17) is 11.6 Å². The Labute approximate surface area is 75.3 Å². The monoisotopic (exact) mass is 226 g/mol. The summed E-state index contributed by atoms with van der Waals surface area (Å²) in [6.45, 7) is 1.84. The number of alkyl halides is 2. The number of carbonyl (C=O) groups is 1. The van der Waals surface area contributed by atoms with Crippen molar-refractivity contribution in [3.63, 3.8) is 0 Å². The topological polar surface area (TPSA) is 17.1 Å². The van der Waals surface area contributed by atoms with Crippen molar-refractivity contribution in [2.24, 2.45) is 0 Å². The van der Waals surface area contributed by atoms with Crippen LogP contribution in [0.1, 0.15) is 26.2 Å². The number of hydrogen-bond acceptors (Lipinski definition) is 1. The summed E-state index contributed by atoms with van der Waals surface area (Å²) in [4.78, 5) is 10.9. The average Bonchev–Trinajstić information content (AvgIpc) is 1.82. The minimum atomic E-state index is -0.0113. The Bertz CT molecular complexity index is 104. The van der Waals surface area contributed by atoms with Crippen LogP contribution in [-0.4, -0.2) is 16.5 Å². The third-order valence-electron chi connectivity index (χ3n) is 1.10. The second-order valence-corrected chi connectivity index (χ2v) is 3.85. The van der Waals surface area contributed by atoms with E-state index in [2.05, 4.69) is 15.9 Å². The summed E-state index contributed by atoms with van der Waals surface area (Å²) in [5.41, 5.74) is 0. The van der Waals surface area contributed by atoms with Crippen molar-refractivity contribution in [3.8, 4) is 0 Å². The first-order chi connectivity index (χ1) is 4.66. The maximum Gasteiger partial charge on any atom is 0.134 e. The van der Waals surface area contributed by atoms with Gasteiger partial charge in [0.05, 0.1) is 0 Å². The average molecular weight is 228 g/mol. The lowest BCUT2D eigenvalue weighted by molar-refractivity contribution is -0.119. The zero-order valence-corrected chi connectivity index (χ0v) is 8.41. The van der Waals surface area contributed by atoms with Gasteiger partial charge in [0.2, 0.25) is 0 Å². The van der Waals surface area contributed by atoms with Crippen LogP contribution in [0.4, 0.5) is 0 Å². The van der Waals surface area contributed by atoms with Crippen LogP contribution >= 0.6 is 27.5 Å². The Morgan fingerprint density at radius 1 is 1.70 bits per heavy atom. The molecule has 0 heterocycles. The molecule has 0 aliphatic carbocycles. The highest BCUT2D eigenvalue weighted by atomic mass is 79.9. The van der Waals surface area contributed by atoms with Gasteiger partial charge in [-0.3, -0.25) is 4.79 Å². The quantitative estimate of drug-likeness (QED) is 0.660. The molecule has 0 aliphatic rings. The van der Waals surface area contributed by atoms with Gasteiger partial charge in [-0.1, -0.05) is 15.9 Å². The van der Waals surface area contributed by atoms with Gasteiger partial charge in [0.1, 0.15) is 5.78 Å². The number of ketones is 1. The van der Waals surface area contributed by atoms with Gasteiger partial charge in [0, 0.05) is 23.5 Å². The molecule has 0 saturated carbocycles. The van der Waals surface area contributed by atoms with Crippen molar-refractivity contribution in [1.29, 1.82) is 0 Å². The Hall–Kier alpha value is 0.440. The summed E-state index contributed by atoms with van der Waals surface area (Å²) in [5, 5.41) is 0.887. The molecular weight excluding hydrogens is 215 g/mol. The molecule has 0 radical (unpaired) electrons. The second-order valence-electron chi connectivity index (χ2n) is 2.32. The van der Waals surface area contributed by atoms with Crippen LogP contribution in [-0.2, 0) is 4.79 Å². The summed E-state index contributed by atoms with van der Waals surface area (Å²) in [6.07, 6.45) is 2.08. The van der Waals surface area contributed by atoms with Crippen molar-refractivity contribution in [2.75, 3.05) is 5.33 Å². The molecule has 0 saturated heterocycles. The van der Waals surface area contributed by atoms with E-state index < -0.39 is 0 Å². The molecule has 1 unspecified atom stereocenters. The summed E-state index contributed by atoms with van der Waals surface area (Å²) >= 11 is 8.88. The fraction of sp³-hybridized carbons (Fsp3) is 0.857. The molecule has 1 nitrogen and oxygen atoms in total. The Kier molecular flexibility index (Phi) is 6.44. The van der Waals surface area contributed by atoms with Gasteiger partial charge in [-0.15, -0.1) is 11.6 Å². The summed E-state index contributed by atoms with van der Waals surface area (Å²) in [7, 11) is 0. The molecule has 0 N–H and O–H groups in total. The molecule has 0 bridgehead atoms. The highest BCUT2D eigenvalue weighted by molar-refractivity contribution is 9.09. The highest BCUT2D eigenvalue weighted by Crippen LogP contribution is 2.05. The standard InChI is InChI=1S/C7H12BrClO/c1-6(9)5-7(10)3-2-4-8/h6H,2-5H2,1H3. The van der Waals surface area contributed by atoms with Crippen LogP contribution in [0.15, 0.2) is 0 Å². The molecule has 0 spiro atoms. The van der Waals surface area contributed by atoms with Crippen molar-refractivity contribution in [3.05, 3.63) is 0 Å². The third-order valence-corrected chi connectivity index (χ3v) is 1.81. The molecule has 60 valence electrons. The van der Waals surface area contributed by atoms with Gasteiger partial charge in [0.15, 0.2) is 0 Å². The van der Waals surface area contributed by atoms with Gasteiger partial charge in [-0.2, -0.15) is 0 Å².